The zero-order valence-electron chi connectivity index (χ0n) is 13.8. The van der Waals surface area contributed by atoms with E-state index in [-0.39, 0.29) is 18.0 Å². The van der Waals surface area contributed by atoms with Crippen LogP contribution < -0.4 is 10.1 Å². The fourth-order valence-corrected chi connectivity index (χ4v) is 2.16. The summed E-state index contributed by atoms with van der Waals surface area (Å²) in [5.41, 5.74) is -0.459. The molecule has 7 heteroatoms. The molecule has 0 aliphatic heterocycles. The van der Waals surface area contributed by atoms with E-state index in [2.05, 4.69) is 5.32 Å². The predicted molar refractivity (Wildman–Crippen MR) is 84.7 cm³/mol. The molecular weight excluding hydrogens is 300 g/mol. The van der Waals surface area contributed by atoms with E-state index in [1.54, 1.807) is 39.8 Å². The van der Waals surface area contributed by atoms with Crippen molar-refractivity contribution in [1.29, 1.82) is 0 Å². The number of para-hydroxylation sites is 1. The Hall–Kier alpha value is -2.31. The molecule has 0 radical (unpaired) electrons. The number of rotatable bonds is 5. The molecule has 23 heavy (non-hydrogen) atoms. The van der Waals surface area contributed by atoms with Crippen LogP contribution in [0.15, 0.2) is 18.2 Å². The second-order valence-electron chi connectivity index (χ2n) is 6.88. The second-order valence-corrected chi connectivity index (χ2v) is 6.88. The minimum Gasteiger partial charge on any atom is -0.484 e. The van der Waals surface area contributed by atoms with Crippen molar-refractivity contribution in [1.82, 2.24) is 5.32 Å². The van der Waals surface area contributed by atoms with Gasteiger partial charge in [0.25, 0.3) is 0 Å². The molecule has 0 saturated heterocycles. The maximum absolute atomic E-state index is 11.9. The number of nitro benzene ring substituents is 1. The fourth-order valence-electron chi connectivity index (χ4n) is 2.16. The number of nitro groups is 1. The van der Waals surface area contributed by atoms with Crippen LogP contribution in [-0.2, 0) is 4.74 Å². The summed E-state index contributed by atoms with van der Waals surface area (Å²) >= 11 is 0. The van der Waals surface area contributed by atoms with E-state index in [0.29, 0.717) is 5.56 Å². The molecule has 0 bridgehead atoms. The number of amides is 1. The predicted octanol–water partition coefficient (Wildman–Crippen LogP) is 3.34. The summed E-state index contributed by atoms with van der Waals surface area (Å²) in [5, 5.41) is 13.9. The molecule has 126 valence electrons. The first-order chi connectivity index (χ1) is 10.6. The van der Waals surface area contributed by atoms with E-state index in [9.17, 15) is 14.9 Å². The zero-order valence-corrected chi connectivity index (χ0v) is 13.8. The van der Waals surface area contributed by atoms with Crippen LogP contribution in [0.25, 0.3) is 0 Å². The van der Waals surface area contributed by atoms with Gasteiger partial charge in [-0.1, -0.05) is 12.1 Å². The van der Waals surface area contributed by atoms with E-state index in [1.807, 2.05) is 0 Å². The van der Waals surface area contributed by atoms with Gasteiger partial charge in [-0.15, -0.1) is 0 Å². The van der Waals surface area contributed by atoms with Crippen molar-refractivity contribution in [2.75, 3.05) is 6.61 Å². The van der Waals surface area contributed by atoms with Crippen LogP contribution in [0.3, 0.4) is 0 Å². The molecule has 7 nitrogen and oxygen atoms in total. The molecule has 1 aromatic carbocycles. The van der Waals surface area contributed by atoms with Crippen LogP contribution >= 0.6 is 0 Å². The number of hydrogen-bond acceptors (Lipinski definition) is 5. The van der Waals surface area contributed by atoms with E-state index in [4.69, 9.17) is 9.47 Å². The highest BCUT2D eigenvalue weighted by atomic mass is 16.6. The number of ether oxygens (including phenoxy) is 2. The van der Waals surface area contributed by atoms with Gasteiger partial charge in [0.15, 0.2) is 5.75 Å². The Kier molecular flexibility index (Phi) is 4.49. The second kappa shape index (κ2) is 6.06. The smallest absolute Gasteiger partial charge is 0.408 e. The van der Waals surface area contributed by atoms with E-state index >= 15 is 0 Å². The highest BCUT2D eigenvalue weighted by molar-refractivity contribution is 5.69. The van der Waals surface area contributed by atoms with Crippen molar-refractivity contribution in [3.8, 4) is 5.75 Å². The van der Waals surface area contributed by atoms with Gasteiger partial charge in [-0.3, -0.25) is 10.1 Å². The standard InChI is InChI=1S/C16H22N2O5/c1-11-6-5-7-12(18(20)21)13(11)22-10-16(8-9-16)17-14(19)23-15(2,3)4/h5-7H,8-10H2,1-4H3,(H,17,19). The third-order valence-electron chi connectivity index (χ3n) is 3.50. The lowest BCUT2D eigenvalue weighted by atomic mass is 10.2. The average molecular weight is 322 g/mol. The Morgan fingerprint density at radius 1 is 1.39 bits per heavy atom. The molecule has 0 spiro atoms. The Morgan fingerprint density at radius 2 is 2.04 bits per heavy atom. The third kappa shape index (κ3) is 4.58. The molecule has 0 aromatic heterocycles. The number of nitrogens with one attached hydrogen (secondary N) is 1. The van der Waals surface area contributed by atoms with Gasteiger partial charge in [0.1, 0.15) is 12.2 Å². The van der Waals surface area contributed by atoms with Crippen molar-refractivity contribution in [3.63, 3.8) is 0 Å². The molecule has 2 rings (SSSR count). The van der Waals surface area contributed by atoms with Crippen molar-refractivity contribution in [2.45, 2.75) is 51.7 Å². The van der Waals surface area contributed by atoms with Gasteiger partial charge in [-0.05, 0) is 46.1 Å². The van der Waals surface area contributed by atoms with Crippen LogP contribution in [0, 0.1) is 17.0 Å². The largest absolute Gasteiger partial charge is 0.484 e. The summed E-state index contributed by atoms with van der Waals surface area (Å²) in [7, 11) is 0. The molecule has 0 heterocycles. The van der Waals surface area contributed by atoms with Gasteiger partial charge < -0.3 is 14.8 Å². The number of carbonyl (C=O) groups is 1. The Bertz CT molecular complexity index is 617. The molecule has 1 amide bonds. The molecule has 1 aromatic rings. The lowest BCUT2D eigenvalue weighted by molar-refractivity contribution is -0.385. The number of hydrogen-bond donors (Lipinski definition) is 1. The Balaban J connectivity index is 2.01. The highest BCUT2D eigenvalue weighted by Crippen LogP contribution is 2.38. The van der Waals surface area contributed by atoms with Gasteiger partial charge in [-0.25, -0.2) is 4.79 Å². The molecule has 0 unspecified atom stereocenters. The number of nitrogens with zero attached hydrogens (tertiary/aromatic N) is 1. The Labute approximate surface area is 135 Å². The first kappa shape index (κ1) is 17.1. The molecule has 1 aliphatic rings. The van der Waals surface area contributed by atoms with Crippen molar-refractivity contribution in [2.24, 2.45) is 0 Å². The lowest BCUT2D eigenvalue weighted by Gasteiger charge is -2.23. The molecule has 1 saturated carbocycles. The van der Waals surface area contributed by atoms with E-state index in [1.165, 1.54) is 6.07 Å². The number of benzene rings is 1. The van der Waals surface area contributed by atoms with Crippen LogP contribution in [0.1, 0.15) is 39.2 Å². The monoisotopic (exact) mass is 322 g/mol. The van der Waals surface area contributed by atoms with E-state index in [0.717, 1.165) is 12.8 Å². The lowest BCUT2D eigenvalue weighted by Crippen LogP contribution is -2.44. The Morgan fingerprint density at radius 3 is 2.57 bits per heavy atom. The van der Waals surface area contributed by atoms with Gasteiger partial charge in [-0.2, -0.15) is 0 Å². The highest BCUT2D eigenvalue weighted by Gasteiger charge is 2.46. The van der Waals surface area contributed by atoms with Crippen LogP contribution in [0.2, 0.25) is 0 Å². The quantitative estimate of drug-likeness (QED) is 0.663. The SMILES string of the molecule is Cc1cccc([N+](=O)[O-])c1OCC1(NC(=O)OC(C)(C)C)CC1. The van der Waals surface area contributed by atoms with E-state index < -0.39 is 22.2 Å². The summed E-state index contributed by atoms with van der Waals surface area (Å²) in [6, 6.07) is 4.78. The summed E-state index contributed by atoms with van der Waals surface area (Å²) in [6.45, 7) is 7.30. The molecule has 1 N–H and O–H groups in total. The summed E-state index contributed by atoms with van der Waals surface area (Å²) < 4.78 is 10.9. The van der Waals surface area contributed by atoms with Gasteiger partial charge in [0, 0.05) is 6.07 Å². The average Bonchev–Trinajstić information content (AvgIpc) is 3.14. The topological polar surface area (TPSA) is 90.7 Å². The van der Waals surface area contributed by atoms with Crippen molar-refractivity contribution < 1.29 is 19.2 Å². The van der Waals surface area contributed by atoms with Crippen LogP contribution in [-0.4, -0.2) is 28.8 Å². The van der Waals surface area contributed by atoms with Gasteiger partial charge in [0.05, 0.1) is 10.5 Å². The maximum atomic E-state index is 11.9. The number of carbonyl (C=O) groups excluding carboxylic acids is 1. The minimum atomic E-state index is -0.574. The normalized spacial score (nSPS) is 15.7. The molecule has 1 fully saturated rings. The molecular formula is C16H22N2O5. The number of aryl methyl sites for hydroxylation is 1. The van der Waals surface area contributed by atoms with Gasteiger partial charge in [0.2, 0.25) is 0 Å². The van der Waals surface area contributed by atoms with Crippen LogP contribution in [0.4, 0.5) is 10.5 Å². The van der Waals surface area contributed by atoms with Crippen LogP contribution in [0.5, 0.6) is 5.75 Å². The maximum Gasteiger partial charge on any atom is 0.408 e. The van der Waals surface area contributed by atoms with Gasteiger partial charge >= 0.3 is 11.8 Å². The third-order valence-corrected chi connectivity index (χ3v) is 3.50. The number of alkyl carbamates (subject to hydrolysis) is 1. The summed E-state index contributed by atoms with van der Waals surface area (Å²) in [4.78, 5) is 22.5. The first-order valence-electron chi connectivity index (χ1n) is 7.50. The minimum absolute atomic E-state index is 0.0712. The summed E-state index contributed by atoms with van der Waals surface area (Å²) in [6.07, 6.45) is 1.01. The fraction of sp³-hybridized carbons (Fsp3) is 0.562. The van der Waals surface area contributed by atoms with Crippen molar-refractivity contribution >= 4 is 11.8 Å². The molecule has 1 aliphatic carbocycles. The zero-order chi connectivity index (χ0) is 17.3. The summed E-state index contributed by atoms with van der Waals surface area (Å²) in [5.74, 6) is 0.245. The van der Waals surface area contributed by atoms with Crippen molar-refractivity contribution in [3.05, 3.63) is 33.9 Å². The molecule has 0 atom stereocenters. The first-order valence-corrected chi connectivity index (χ1v) is 7.50.